The lowest BCUT2D eigenvalue weighted by Gasteiger charge is -2.20. The maximum absolute atomic E-state index is 5.81. The number of hydrogen-bond acceptors (Lipinski definition) is 4. The van der Waals surface area contributed by atoms with E-state index in [4.69, 9.17) is 16.3 Å². The van der Waals surface area contributed by atoms with E-state index in [0.717, 1.165) is 12.1 Å². The maximum atomic E-state index is 5.81. The molecule has 20 heavy (non-hydrogen) atoms. The fraction of sp³-hybridized carbons (Fsp3) is 0.333. The van der Waals surface area contributed by atoms with Crippen LogP contribution in [0.3, 0.4) is 0 Å². The number of hydrogen-bond donors (Lipinski definition) is 1. The van der Waals surface area contributed by atoms with Crippen molar-refractivity contribution < 1.29 is 4.74 Å². The summed E-state index contributed by atoms with van der Waals surface area (Å²) < 4.78 is 5.53. The summed E-state index contributed by atoms with van der Waals surface area (Å²) >= 11 is 5.81. The van der Waals surface area contributed by atoms with Crippen molar-refractivity contribution in [2.75, 3.05) is 0 Å². The Morgan fingerprint density at radius 1 is 1.10 bits per heavy atom. The maximum Gasteiger partial charge on any atom is 0.321 e. The van der Waals surface area contributed by atoms with E-state index >= 15 is 0 Å². The first-order valence-corrected chi connectivity index (χ1v) is 6.79. The highest BCUT2D eigenvalue weighted by atomic mass is 35.5. The number of nitrogens with zero attached hydrogens (tertiary/aromatic N) is 2. The van der Waals surface area contributed by atoms with E-state index in [9.17, 15) is 0 Å². The number of rotatable bonds is 4. The van der Waals surface area contributed by atoms with Crippen molar-refractivity contribution in [1.82, 2.24) is 15.3 Å². The second-order valence-electron chi connectivity index (χ2n) is 5.53. The summed E-state index contributed by atoms with van der Waals surface area (Å²) in [5, 5.41) is 4.05. The van der Waals surface area contributed by atoms with Gasteiger partial charge in [0.15, 0.2) is 0 Å². The van der Waals surface area contributed by atoms with Crippen molar-refractivity contribution in [1.29, 1.82) is 0 Å². The van der Waals surface area contributed by atoms with Crippen LogP contribution in [0.5, 0.6) is 11.8 Å². The molecular formula is C15H18ClN3O. The third kappa shape index (κ3) is 4.79. The van der Waals surface area contributed by atoms with Gasteiger partial charge in [0.05, 0.1) is 0 Å². The largest absolute Gasteiger partial charge is 0.424 e. The molecule has 2 rings (SSSR count). The Labute approximate surface area is 124 Å². The first kappa shape index (κ1) is 14.8. The van der Waals surface area contributed by atoms with Crippen LogP contribution in [-0.2, 0) is 6.54 Å². The quantitative estimate of drug-likeness (QED) is 0.930. The van der Waals surface area contributed by atoms with Crippen LogP contribution in [0.25, 0.3) is 0 Å². The van der Waals surface area contributed by atoms with Crippen LogP contribution >= 0.6 is 11.6 Å². The van der Waals surface area contributed by atoms with Crippen LogP contribution in [-0.4, -0.2) is 15.5 Å². The van der Waals surface area contributed by atoms with E-state index < -0.39 is 0 Å². The predicted molar refractivity (Wildman–Crippen MR) is 80.2 cm³/mol. The Kier molecular flexibility index (Phi) is 4.57. The molecule has 106 valence electrons. The molecule has 0 unspecified atom stereocenters. The standard InChI is InChI=1S/C15H18ClN3O/c1-15(2,3)19-10-11-8-17-14(18-9-11)20-13-6-4-12(16)5-7-13/h4-9,19H,10H2,1-3H3. The molecular weight excluding hydrogens is 274 g/mol. The normalized spacial score (nSPS) is 11.4. The minimum atomic E-state index is 0.0679. The minimum absolute atomic E-state index is 0.0679. The zero-order chi connectivity index (χ0) is 14.6. The summed E-state index contributed by atoms with van der Waals surface area (Å²) in [6.07, 6.45) is 3.52. The van der Waals surface area contributed by atoms with Crippen molar-refractivity contribution in [3.63, 3.8) is 0 Å². The molecule has 0 radical (unpaired) electrons. The Morgan fingerprint density at radius 2 is 1.70 bits per heavy atom. The lowest BCUT2D eigenvalue weighted by Crippen LogP contribution is -2.35. The van der Waals surface area contributed by atoms with Crippen LogP contribution in [0, 0.1) is 0 Å². The average molecular weight is 292 g/mol. The number of aromatic nitrogens is 2. The Morgan fingerprint density at radius 3 is 2.25 bits per heavy atom. The summed E-state index contributed by atoms with van der Waals surface area (Å²) in [6, 6.07) is 7.41. The van der Waals surface area contributed by atoms with E-state index in [1.54, 1.807) is 36.7 Å². The molecule has 0 fully saturated rings. The molecule has 0 aliphatic carbocycles. The van der Waals surface area contributed by atoms with Gasteiger partial charge < -0.3 is 10.1 Å². The van der Waals surface area contributed by atoms with Gasteiger partial charge in [-0.3, -0.25) is 0 Å². The van der Waals surface area contributed by atoms with E-state index in [0.29, 0.717) is 16.8 Å². The van der Waals surface area contributed by atoms with Gasteiger partial charge in [-0.2, -0.15) is 0 Å². The first-order valence-electron chi connectivity index (χ1n) is 6.42. The van der Waals surface area contributed by atoms with Crippen molar-refractivity contribution in [3.8, 4) is 11.8 Å². The fourth-order valence-corrected chi connectivity index (χ4v) is 1.59. The molecule has 4 nitrogen and oxygen atoms in total. The zero-order valence-corrected chi connectivity index (χ0v) is 12.6. The number of ether oxygens (including phenoxy) is 1. The van der Waals surface area contributed by atoms with Gasteiger partial charge in [0, 0.05) is 35.1 Å². The van der Waals surface area contributed by atoms with Crippen LogP contribution in [0.2, 0.25) is 5.02 Å². The summed E-state index contributed by atoms with van der Waals surface area (Å²) in [5.41, 5.74) is 1.08. The summed E-state index contributed by atoms with van der Waals surface area (Å²) in [7, 11) is 0. The molecule has 0 saturated heterocycles. The van der Waals surface area contributed by atoms with Crippen LogP contribution in [0.15, 0.2) is 36.7 Å². The molecule has 0 saturated carbocycles. The lowest BCUT2D eigenvalue weighted by atomic mass is 10.1. The predicted octanol–water partition coefficient (Wildman–Crippen LogP) is 3.81. The molecule has 1 heterocycles. The average Bonchev–Trinajstić information content (AvgIpc) is 2.40. The van der Waals surface area contributed by atoms with E-state index in [1.165, 1.54) is 0 Å². The van der Waals surface area contributed by atoms with Crippen molar-refractivity contribution >= 4 is 11.6 Å². The van der Waals surface area contributed by atoms with Crippen molar-refractivity contribution in [2.24, 2.45) is 0 Å². The smallest absolute Gasteiger partial charge is 0.321 e. The van der Waals surface area contributed by atoms with Gasteiger partial charge in [-0.15, -0.1) is 0 Å². The number of halogens is 1. The van der Waals surface area contributed by atoms with Gasteiger partial charge in [-0.05, 0) is 45.0 Å². The monoisotopic (exact) mass is 291 g/mol. The molecule has 0 atom stereocenters. The van der Waals surface area contributed by atoms with E-state index in [-0.39, 0.29) is 5.54 Å². The summed E-state index contributed by atoms with van der Waals surface area (Å²) in [6.45, 7) is 7.08. The highest BCUT2D eigenvalue weighted by molar-refractivity contribution is 6.30. The molecule has 0 spiro atoms. The van der Waals surface area contributed by atoms with Gasteiger partial charge >= 0.3 is 6.01 Å². The van der Waals surface area contributed by atoms with Crippen LogP contribution < -0.4 is 10.1 Å². The first-order chi connectivity index (χ1) is 9.42. The van der Waals surface area contributed by atoms with Gasteiger partial charge in [0.2, 0.25) is 0 Å². The summed E-state index contributed by atoms with van der Waals surface area (Å²) in [5.74, 6) is 0.662. The van der Waals surface area contributed by atoms with Gasteiger partial charge in [-0.1, -0.05) is 11.6 Å². The molecule has 0 amide bonds. The van der Waals surface area contributed by atoms with E-state index in [1.807, 2.05) is 0 Å². The molecule has 0 bridgehead atoms. The van der Waals surface area contributed by atoms with Crippen molar-refractivity contribution in [3.05, 3.63) is 47.2 Å². The third-order valence-electron chi connectivity index (χ3n) is 2.53. The highest BCUT2D eigenvalue weighted by Crippen LogP contribution is 2.19. The molecule has 0 aliphatic rings. The Hall–Kier alpha value is -1.65. The lowest BCUT2D eigenvalue weighted by molar-refractivity contribution is 0.420. The zero-order valence-electron chi connectivity index (χ0n) is 11.9. The third-order valence-corrected chi connectivity index (χ3v) is 2.78. The number of nitrogens with one attached hydrogen (secondary N) is 1. The molecule has 1 aromatic heterocycles. The van der Waals surface area contributed by atoms with Gasteiger partial charge in [-0.25, -0.2) is 9.97 Å². The second kappa shape index (κ2) is 6.20. The van der Waals surface area contributed by atoms with E-state index in [2.05, 4.69) is 36.1 Å². The van der Waals surface area contributed by atoms with Crippen LogP contribution in [0.4, 0.5) is 0 Å². The Balaban J connectivity index is 1.96. The molecule has 0 aliphatic heterocycles. The minimum Gasteiger partial charge on any atom is -0.424 e. The molecule has 2 aromatic rings. The topological polar surface area (TPSA) is 47.0 Å². The van der Waals surface area contributed by atoms with Crippen LogP contribution in [0.1, 0.15) is 26.3 Å². The summed E-state index contributed by atoms with van der Waals surface area (Å²) in [4.78, 5) is 8.38. The molecule has 5 heteroatoms. The molecule has 1 N–H and O–H groups in total. The molecule has 1 aromatic carbocycles. The van der Waals surface area contributed by atoms with Gasteiger partial charge in [0.25, 0.3) is 0 Å². The second-order valence-corrected chi connectivity index (χ2v) is 5.97. The highest BCUT2D eigenvalue weighted by Gasteiger charge is 2.09. The fourth-order valence-electron chi connectivity index (χ4n) is 1.46. The Bertz CT molecular complexity index is 547. The van der Waals surface area contributed by atoms with Crippen molar-refractivity contribution in [2.45, 2.75) is 32.9 Å². The SMILES string of the molecule is CC(C)(C)NCc1cnc(Oc2ccc(Cl)cc2)nc1. The number of benzene rings is 1. The van der Waals surface area contributed by atoms with Gasteiger partial charge in [0.1, 0.15) is 5.75 Å².